The summed E-state index contributed by atoms with van der Waals surface area (Å²) in [5.41, 5.74) is 0. The Kier molecular flexibility index (Phi) is 4.97. The molecule has 0 N–H and O–H groups in total. The van der Waals surface area contributed by atoms with Crippen molar-refractivity contribution in [2.45, 2.75) is 4.90 Å². The molecule has 4 rings (SSSR count). The van der Waals surface area contributed by atoms with Crippen LogP contribution in [0.4, 0.5) is 5.82 Å². The van der Waals surface area contributed by atoms with Gasteiger partial charge in [0.1, 0.15) is 30.0 Å². The SMILES string of the molecule is COc1ccc(S(=O)(=O)N2CCN(c3cc(-n4ccnc4)ncn3)CC2)cc1. The van der Waals surface area contributed by atoms with Crippen LogP contribution in [0.25, 0.3) is 5.82 Å². The van der Waals surface area contributed by atoms with Crippen molar-refractivity contribution in [3.63, 3.8) is 0 Å². The van der Waals surface area contributed by atoms with Gasteiger partial charge in [-0.1, -0.05) is 0 Å². The molecular weight excluding hydrogens is 380 g/mol. The van der Waals surface area contributed by atoms with Crippen LogP contribution in [0.3, 0.4) is 0 Å². The van der Waals surface area contributed by atoms with Crippen molar-refractivity contribution in [2.24, 2.45) is 0 Å². The lowest BCUT2D eigenvalue weighted by molar-refractivity contribution is 0.383. The molecule has 0 bridgehead atoms. The largest absolute Gasteiger partial charge is 0.497 e. The van der Waals surface area contributed by atoms with Crippen LogP contribution in [0, 0.1) is 0 Å². The lowest BCUT2D eigenvalue weighted by Crippen LogP contribution is -2.48. The lowest BCUT2D eigenvalue weighted by atomic mass is 10.3. The van der Waals surface area contributed by atoms with Crippen LogP contribution in [0.5, 0.6) is 5.75 Å². The van der Waals surface area contributed by atoms with E-state index in [2.05, 4.69) is 19.9 Å². The van der Waals surface area contributed by atoms with Crippen LogP contribution >= 0.6 is 0 Å². The highest BCUT2D eigenvalue weighted by atomic mass is 32.2. The fraction of sp³-hybridized carbons (Fsp3) is 0.278. The summed E-state index contributed by atoms with van der Waals surface area (Å²) in [5, 5.41) is 0. The summed E-state index contributed by atoms with van der Waals surface area (Å²) >= 11 is 0. The fourth-order valence-corrected chi connectivity index (χ4v) is 4.52. The Morgan fingerprint density at radius 2 is 1.71 bits per heavy atom. The molecule has 1 aliphatic rings. The van der Waals surface area contributed by atoms with Gasteiger partial charge in [-0.25, -0.2) is 23.4 Å². The van der Waals surface area contributed by atoms with Crippen LogP contribution in [0.2, 0.25) is 0 Å². The van der Waals surface area contributed by atoms with E-state index in [-0.39, 0.29) is 4.90 Å². The van der Waals surface area contributed by atoms with E-state index in [1.807, 2.05) is 12.3 Å². The number of hydrogen-bond donors (Lipinski definition) is 0. The summed E-state index contributed by atoms with van der Waals surface area (Å²) in [6, 6.07) is 8.32. The minimum absolute atomic E-state index is 0.270. The third kappa shape index (κ3) is 3.56. The minimum atomic E-state index is -3.53. The molecule has 0 unspecified atom stereocenters. The van der Waals surface area contributed by atoms with E-state index in [1.54, 1.807) is 48.5 Å². The van der Waals surface area contributed by atoms with Gasteiger partial charge in [-0.2, -0.15) is 4.31 Å². The number of nitrogens with zero attached hydrogens (tertiary/aromatic N) is 6. The van der Waals surface area contributed by atoms with Crippen LogP contribution in [0.15, 0.2) is 60.3 Å². The number of hydrogen-bond acceptors (Lipinski definition) is 7. The number of imidazole rings is 1. The average Bonchev–Trinajstić information content (AvgIpc) is 3.29. The highest BCUT2D eigenvalue weighted by molar-refractivity contribution is 7.89. The second-order valence-corrected chi connectivity index (χ2v) is 8.21. The van der Waals surface area contributed by atoms with E-state index < -0.39 is 10.0 Å². The van der Waals surface area contributed by atoms with E-state index in [1.165, 1.54) is 10.6 Å². The molecule has 0 atom stereocenters. The first-order valence-electron chi connectivity index (χ1n) is 8.77. The number of aromatic nitrogens is 4. The first-order valence-corrected chi connectivity index (χ1v) is 10.2. The maximum atomic E-state index is 12.9. The molecule has 3 heterocycles. The van der Waals surface area contributed by atoms with Crippen LogP contribution in [0.1, 0.15) is 0 Å². The Balaban J connectivity index is 1.46. The summed E-state index contributed by atoms with van der Waals surface area (Å²) in [6.07, 6.45) is 6.67. The second kappa shape index (κ2) is 7.56. The number of ether oxygens (including phenoxy) is 1. The maximum Gasteiger partial charge on any atom is 0.243 e. The molecular formula is C18H20N6O3S. The monoisotopic (exact) mass is 400 g/mol. The van der Waals surface area contributed by atoms with Gasteiger partial charge in [-0.15, -0.1) is 0 Å². The Morgan fingerprint density at radius 3 is 2.36 bits per heavy atom. The van der Waals surface area contributed by atoms with Crippen molar-refractivity contribution in [2.75, 3.05) is 38.2 Å². The number of sulfonamides is 1. The summed E-state index contributed by atoms with van der Waals surface area (Å²) < 4.78 is 34.1. The molecule has 0 spiro atoms. The molecule has 9 nitrogen and oxygen atoms in total. The minimum Gasteiger partial charge on any atom is -0.497 e. The second-order valence-electron chi connectivity index (χ2n) is 6.27. The Hall–Kier alpha value is -2.98. The number of methoxy groups -OCH3 is 1. The summed E-state index contributed by atoms with van der Waals surface area (Å²) in [6.45, 7) is 1.88. The summed E-state index contributed by atoms with van der Waals surface area (Å²) in [7, 11) is -1.98. The summed E-state index contributed by atoms with van der Waals surface area (Å²) in [5.74, 6) is 2.11. The third-order valence-electron chi connectivity index (χ3n) is 4.67. The molecule has 0 saturated carbocycles. The van der Waals surface area contributed by atoms with Gasteiger partial charge in [0, 0.05) is 44.6 Å². The fourth-order valence-electron chi connectivity index (χ4n) is 3.10. The van der Waals surface area contributed by atoms with Crippen molar-refractivity contribution >= 4 is 15.8 Å². The molecule has 3 aromatic rings. The molecule has 1 aliphatic heterocycles. The van der Waals surface area contributed by atoms with E-state index >= 15 is 0 Å². The van der Waals surface area contributed by atoms with E-state index in [9.17, 15) is 8.42 Å². The number of rotatable bonds is 5. The highest BCUT2D eigenvalue weighted by Gasteiger charge is 2.29. The number of anilines is 1. The van der Waals surface area contributed by atoms with Crippen molar-refractivity contribution < 1.29 is 13.2 Å². The van der Waals surface area contributed by atoms with Crippen LogP contribution in [-0.2, 0) is 10.0 Å². The average molecular weight is 400 g/mol. The maximum absolute atomic E-state index is 12.9. The number of benzene rings is 1. The van der Waals surface area contributed by atoms with Crippen LogP contribution < -0.4 is 9.64 Å². The van der Waals surface area contributed by atoms with Gasteiger partial charge in [0.15, 0.2) is 0 Å². The smallest absolute Gasteiger partial charge is 0.243 e. The molecule has 1 fully saturated rings. The van der Waals surface area contributed by atoms with Gasteiger partial charge in [0.25, 0.3) is 0 Å². The van der Waals surface area contributed by atoms with Crippen molar-refractivity contribution in [1.82, 2.24) is 23.8 Å². The molecule has 0 radical (unpaired) electrons. The van der Waals surface area contributed by atoms with E-state index in [4.69, 9.17) is 4.74 Å². The van der Waals surface area contributed by atoms with Gasteiger partial charge in [0.2, 0.25) is 10.0 Å². The standard InChI is InChI=1S/C18H20N6O3S/c1-27-15-2-4-16(5-3-15)28(25,26)24-10-8-22(9-11-24)17-12-18(21-13-20-17)23-7-6-19-14-23/h2-7,12-14H,8-11H2,1H3. The molecule has 146 valence electrons. The normalized spacial score (nSPS) is 15.5. The van der Waals surface area contributed by atoms with Crippen LogP contribution in [-0.4, -0.2) is 65.5 Å². The van der Waals surface area contributed by atoms with Gasteiger partial charge >= 0.3 is 0 Å². The Labute approximate surface area is 163 Å². The molecule has 1 aromatic carbocycles. The van der Waals surface area contributed by atoms with Gasteiger partial charge < -0.3 is 9.64 Å². The molecule has 28 heavy (non-hydrogen) atoms. The van der Waals surface area contributed by atoms with Crippen molar-refractivity contribution in [1.29, 1.82) is 0 Å². The van der Waals surface area contributed by atoms with E-state index in [0.717, 1.165) is 11.6 Å². The molecule has 0 amide bonds. The van der Waals surface area contributed by atoms with Gasteiger partial charge in [0.05, 0.1) is 12.0 Å². The molecule has 1 saturated heterocycles. The van der Waals surface area contributed by atoms with Crippen molar-refractivity contribution in [3.8, 4) is 11.6 Å². The quantitative estimate of drug-likeness (QED) is 0.635. The zero-order valence-electron chi connectivity index (χ0n) is 15.3. The first-order chi connectivity index (χ1) is 13.6. The number of piperazine rings is 1. The predicted molar refractivity (Wildman–Crippen MR) is 103 cm³/mol. The first kappa shape index (κ1) is 18.4. The molecule has 10 heteroatoms. The van der Waals surface area contributed by atoms with E-state index in [0.29, 0.717) is 31.9 Å². The topological polar surface area (TPSA) is 93.5 Å². The summed E-state index contributed by atoms with van der Waals surface area (Å²) in [4.78, 5) is 14.9. The van der Waals surface area contributed by atoms with Crippen molar-refractivity contribution in [3.05, 3.63) is 55.4 Å². The lowest BCUT2D eigenvalue weighted by Gasteiger charge is -2.34. The predicted octanol–water partition coefficient (Wildman–Crippen LogP) is 1.18. The highest BCUT2D eigenvalue weighted by Crippen LogP contribution is 2.22. The van der Waals surface area contributed by atoms with Gasteiger partial charge in [-0.3, -0.25) is 4.57 Å². The molecule has 0 aliphatic carbocycles. The Bertz CT molecular complexity index is 1030. The molecule has 2 aromatic heterocycles. The third-order valence-corrected chi connectivity index (χ3v) is 6.58. The van der Waals surface area contributed by atoms with Gasteiger partial charge in [-0.05, 0) is 24.3 Å². The zero-order valence-corrected chi connectivity index (χ0v) is 16.2. The zero-order chi connectivity index (χ0) is 19.6. The Morgan fingerprint density at radius 1 is 1.00 bits per heavy atom.